The van der Waals surface area contributed by atoms with Crippen LogP contribution in [0.4, 0.5) is 0 Å². The number of hydrogen-bond donors (Lipinski definition) is 1. The normalized spacial score (nSPS) is 22.3. The molecule has 2 heterocycles. The summed E-state index contributed by atoms with van der Waals surface area (Å²) in [5.41, 5.74) is 3.71. The highest BCUT2D eigenvalue weighted by molar-refractivity contribution is 7.98. The molecule has 0 saturated carbocycles. The highest BCUT2D eigenvalue weighted by atomic mass is 32.2. The van der Waals surface area contributed by atoms with E-state index < -0.39 is 6.04 Å². The van der Waals surface area contributed by atoms with Crippen molar-refractivity contribution in [2.45, 2.75) is 31.3 Å². The second kappa shape index (κ2) is 9.01. The molecule has 2 saturated heterocycles. The maximum absolute atomic E-state index is 12.9. The zero-order chi connectivity index (χ0) is 20.2. The van der Waals surface area contributed by atoms with Crippen molar-refractivity contribution in [1.29, 1.82) is 0 Å². The van der Waals surface area contributed by atoms with E-state index in [-0.39, 0.29) is 17.9 Å². The van der Waals surface area contributed by atoms with E-state index in [0.29, 0.717) is 18.8 Å². The van der Waals surface area contributed by atoms with E-state index in [1.54, 1.807) is 16.7 Å². The predicted octanol–water partition coefficient (Wildman–Crippen LogP) is 2.44. The molecule has 2 aliphatic heterocycles. The van der Waals surface area contributed by atoms with Crippen molar-refractivity contribution in [2.75, 3.05) is 25.4 Å². The lowest BCUT2D eigenvalue weighted by molar-refractivity contribution is -0.152. The number of nitrogens with zero attached hydrogens (tertiary/aromatic N) is 2. The fourth-order valence-corrected chi connectivity index (χ4v) is 4.94. The van der Waals surface area contributed by atoms with Gasteiger partial charge in [-0.15, -0.1) is 0 Å². The monoisotopic (exact) mass is 409 g/mol. The molecule has 0 aliphatic carbocycles. The Morgan fingerprint density at radius 3 is 2.52 bits per heavy atom. The third-order valence-corrected chi connectivity index (χ3v) is 6.69. The van der Waals surface area contributed by atoms with Gasteiger partial charge in [0.2, 0.25) is 11.8 Å². The molecular weight excluding hydrogens is 382 g/mol. The van der Waals surface area contributed by atoms with Gasteiger partial charge in [-0.3, -0.25) is 14.5 Å². The molecule has 5 nitrogen and oxygen atoms in total. The first-order chi connectivity index (χ1) is 14.1. The summed E-state index contributed by atoms with van der Waals surface area (Å²) in [7, 11) is 0. The molecule has 0 aromatic heterocycles. The Morgan fingerprint density at radius 2 is 1.76 bits per heavy atom. The van der Waals surface area contributed by atoms with Gasteiger partial charge in [-0.05, 0) is 18.1 Å². The van der Waals surface area contributed by atoms with Crippen molar-refractivity contribution < 1.29 is 9.59 Å². The summed E-state index contributed by atoms with van der Waals surface area (Å²) in [6, 6.07) is 17.9. The van der Waals surface area contributed by atoms with Gasteiger partial charge in [-0.1, -0.05) is 60.2 Å². The van der Waals surface area contributed by atoms with Crippen LogP contribution in [0.25, 0.3) is 0 Å². The summed E-state index contributed by atoms with van der Waals surface area (Å²) in [5.74, 6) is 1.48. The number of thioether (sulfide) groups is 1. The first kappa shape index (κ1) is 20.0. The Balaban J connectivity index is 1.32. The summed E-state index contributed by atoms with van der Waals surface area (Å²) in [6.07, 6.45) is 0. The van der Waals surface area contributed by atoms with Crippen LogP contribution >= 0.6 is 11.8 Å². The van der Waals surface area contributed by atoms with Gasteiger partial charge in [0.1, 0.15) is 12.1 Å². The summed E-state index contributed by atoms with van der Waals surface area (Å²) >= 11 is 1.69. The quantitative estimate of drug-likeness (QED) is 0.796. The van der Waals surface area contributed by atoms with E-state index in [0.717, 1.165) is 18.8 Å². The van der Waals surface area contributed by atoms with Gasteiger partial charge in [0, 0.05) is 37.7 Å². The lowest BCUT2D eigenvalue weighted by Gasteiger charge is -2.45. The van der Waals surface area contributed by atoms with Crippen LogP contribution in [0.1, 0.15) is 16.7 Å². The van der Waals surface area contributed by atoms with Crippen LogP contribution in [0.5, 0.6) is 0 Å². The molecule has 2 amide bonds. The van der Waals surface area contributed by atoms with Gasteiger partial charge in [-0.25, -0.2) is 0 Å². The Morgan fingerprint density at radius 1 is 1.00 bits per heavy atom. The Kier molecular flexibility index (Phi) is 6.21. The van der Waals surface area contributed by atoms with Gasteiger partial charge in [0.25, 0.3) is 0 Å². The Bertz CT molecular complexity index is 856. The van der Waals surface area contributed by atoms with E-state index in [9.17, 15) is 9.59 Å². The fraction of sp³-hybridized carbons (Fsp3) is 0.391. The molecular formula is C23H27N3O2S. The molecule has 152 valence electrons. The highest BCUT2D eigenvalue weighted by Gasteiger charge is 2.43. The lowest BCUT2D eigenvalue weighted by Crippen LogP contribution is -2.69. The molecule has 2 aliphatic rings. The van der Waals surface area contributed by atoms with Gasteiger partial charge in [0.05, 0.1) is 0 Å². The summed E-state index contributed by atoms with van der Waals surface area (Å²) in [4.78, 5) is 29.7. The first-order valence-corrected chi connectivity index (χ1v) is 11.3. The van der Waals surface area contributed by atoms with Crippen molar-refractivity contribution in [3.63, 3.8) is 0 Å². The molecule has 0 unspecified atom stereocenters. The van der Waals surface area contributed by atoms with Crippen LogP contribution < -0.4 is 5.32 Å². The topological polar surface area (TPSA) is 52.6 Å². The zero-order valence-corrected chi connectivity index (χ0v) is 17.5. The van der Waals surface area contributed by atoms with Crippen molar-refractivity contribution in [3.05, 3.63) is 71.3 Å². The Hall–Kier alpha value is -2.31. The maximum Gasteiger partial charge on any atom is 0.246 e. The number of hydrogen-bond acceptors (Lipinski definition) is 4. The third-order valence-electron chi connectivity index (χ3n) is 5.59. The predicted molar refractivity (Wildman–Crippen MR) is 116 cm³/mol. The Labute approximate surface area is 176 Å². The molecule has 2 aromatic rings. The molecule has 2 aromatic carbocycles. The zero-order valence-electron chi connectivity index (χ0n) is 16.7. The first-order valence-electron chi connectivity index (χ1n) is 10.1. The number of nitrogens with one attached hydrogen (secondary N) is 1. The summed E-state index contributed by atoms with van der Waals surface area (Å²) in [6.45, 7) is 4.89. The summed E-state index contributed by atoms with van der Waals surface area (Å²) < 4.78 is 0. The average Bonchev–Trinajstić information content (AvgIpc) is 2.74. The maximum atomic E-state index is 12.9. The highest BCUT2D eigenvalue weighted by Crippen LogP contribution is 2.21. The lowest BCUT2D eigenvalue weighted by atomic mass is 10.0. The van der Waals surface area contributed by atoms with E-state index >= 15 is 0 Å². The number of carbonyl (C=O) groups is 2. The van der Waals surface area contributed by atoms with Crippen molar-refractivity contribution in [3.8, 4) is 0 Å². The summed E-state index contributed by atoms with van der Waals surface area (Å²) in [5, 5.41) is 2.97. The molecule has 2 atom stereocenters. The van der Waals surface area contributed by atoms with Crippen LogP contribution in [0, 0.1) is 6.92 Å². The smallest absolute Gasteiger partial charge is 0.246 e. The SMILES string of the molecule is Cc1ccc(CN2CCN3C(=O)[C@H](CSCc4ccccc4)NC(=O)[C@H]3C2)cc1. The number of benzene rings is 2. The molecule has 1 N–H and O–H groups in total. The van der Waals surface area contributed by atoms with E-state index in [1.807, 2.05) is 18.2 Å². The number of carbonyl (C=O) groups excluding carboxylic acids is 2. The average molecular weight is 410 g/mol. The fourth-order valence-electron chi connectivity index (χ4n) is 3.93. The van der Waals surface area contributed by atoms with E-state index in [1.165, 1.54) is 16.7 Å². The van der Waals surface area contributed by atoms with Crippen molar-refractivity contribution >= 4 is 23.6 Å². The standard InChI is InChI=1S/C23H27N3O2S/c1-17-7-9-18(10-8-17)13-25-11-12-26-21(14-25)22(27)24-20(23(26)28)16-29-15-19-5-3-2-4-6-19/h2-10,20-21H,11-16H2,1H3,(H,24,27)/t20-,21+/m0/s1. The molecule has 2 fully saturated rings. The third kappa shape index (κ3) is 4.82. The van der Waals surface area contributed by atoms with Crippen LogP contribution in [-0.4, -0.2) is 59.1 Å². The molecule has 0 spiro atoms. The molecule has 0 bridgehead atoms. The minimum Gasteiger partial charge on any atom is -0.342 e. The van der Waals surface area contributed by atoms with Gasteiger partial charge in [-0.2, -0.15) is 11.8 Å². The number of amides is 2. The van der Waals surface area contributed by atoms with Crippen LogP contribution in [0.2, 0.25) is 0 Å². The van der Waals surface area contributed by atoms with Gasteiger partial charge in [0.15, 0.2) is 0 Å². The number of fused-ring (bicyclic) bond motifs is 1. The minimum atomic E-state index is -0.420. The van der Waals surface area contributed by atoms with Gasteiger partial charge < -0.3 is 10.2 Å². The van der Waals surface area contributed by atoms with E-state index in [2.05, 4.69) is 53.5 Å². The second-order valence-corrected chi connectivity index (χ2v) is 8.86. The number of aryl methyl sites for hydroxylation is 1. The van der Waals surface area contributed by atoms with Crippen LogP contribution in [0.15, 0.2) is 54.6 Å². The van der Waals surface area contributed by atoms with Crippen molar-refractivity contribution in [1.82, 2.24) is 15.1 Å². The largest absolute Gasteiger partial charge is 0.342 e. The minimum absolute atomic E-state index is 0.0245. The van der Waals surface area contributed by atoms with Gasteiger partial charge >= 0.3 is 0 Å². The second-order valence-electron chi connectivity index (χ2n) is 7.83. The molecule has 4 rings (SSSR count). The molecule has 6 heteroatoms. The molecule has 29 heavy (non-hydrogen) atoms. The number of piperazine rings is 2. The van der Waals surface area contributed by atoms with Crippen LogP contribution in [0.3, 0.4) is 0 Å². The van der Waals surface area contributed by atoms with Crippen LogP contribution in [-0.2, 0) is 21.9 Å². The van der Waals surface area contributed by atoms with Crippen molar-refractivity contribution in [2.24, 2.45) is 0 Å². The number of rotatable bonds is 6. The van der Waals surface area contributed by atoms with E-state index in [4.69, 9.17) is 0 Å². The molecule has 0 radical (unpaired) electrons.